The molecule has 0 aliphatic rings. The number of hydrogen-bond donors (Lipinski definition) is 0. The van der Waals surface area contributed by atoms with Gasteiger partial charge in [0.2, 0.25) is 0 Å². The molecule has 6 aromatic carbocycles. The second kappa shape index (κ2) is 11.7. The summed E-state index contributed by atoms with van der Waals surface area (Å²) in [5.41, 5.74) is 13.6. The highest BCUT2D eigenvalue weighted by Crippen LogP contribution is 2.43. The maximum atomic E-state index is 4.75. The summed E-state index contributed by atoms with van der Waals surface area (Å²) in [5.74, 6) is 0. The lowest BCUT2D eigenvalue weighted by Gasteiger charge is -2.15. The highest BCUT2D eigenvalue weighted by molar-refractivity contribution is 6.16. The molecule has 0 spiro atoms. The van der Waals surface area contributed by atoms with Crippen LogP contribution in [0.4, 0.5) is 0 Å². The predicted molar refractivity (Wildman–Crippen MR) is 202 cm³/mol. The first-order chi connectivity index (χ1) is 23.1. The molecule has 0 atom stereocenters. The lowest BCUT2D eigenvalue weighted by molar-refractivity contribution is 1.18. The molecule has 0 N–H and O–H groups in total. The van der Waals surface area contributed by atoms with Crippen LogP contribution in [0, 0.1) is 6.92 Å². The molecule has 2 heterocycles. The van der Waals surface area contributed by atoms with Crippen LogP contribution < -0.4 is 0 Å². The first-order valence-corrected chi connectivity index (χ1v) is 16.1. The van der Waals surface area contributed by atoms with E-state index in [0.29, 0.717) is 0 Å². The lowest BCUT2D eigenvalue weighted by Crippen LogP contribution is -1.96. The molecule has 0 bridgehead atoms. The molecule has 47 heavy (non-hydrogen) atoms. The van der Waals surface area contributed by atoms with Crippen LogP contribution in [0.5, 0.6) is 0 Å². The molecule has 8 aromatic rings. The third kappa shape index (κ3) is 4.86. The minimum absolute atomic E-state index is 0.985. The minimum Gasteiger partial charge on any atom is -0.309 e. The molecule has 0 radical (unpaired) electrons. The van der Waals surface area contributed by atoms with Gasteiger partial charge in [-0.1, -0.05) is 128 Å². The van der Waals surface area contributed by atoms with Gasteiger partial charge >= 0.3 is 0 Å². The van der Waals surface area contributed by atoms with Crippen LogP contribution in [0.2, 0.25) is 0 Å². The Kier molecular flexibility index (Phi) is 7.12. The maximum absolute atomic E-state index is 4.75. The van der Waals surface area contributed by atoms with E-state index < -0.39 is 0 Å². The van der Waals surface area contributed by atoms with Gasteiger partial charge in [0.25, 0.3) is 0 Å². The number of fused-ring (bicyclic) bond motifs is 4. The summed E-state index contributed by atoms with van der Waals surface area (Å²) in [7, 11) is 0. The molecule has 0 fully saturated rings. The Morgan fingerprint density at radius 2 is 1.32 bits per heavy atom. The zero-order valence-corrected chi connectivity index (χ0v) is 26.6. The Bertz CT molecular complexity index is 2470. The van der Waals surface area contributed by atoms with Gasteiger partial charge in [-0.15, -0.1) is 0 Å². The van der Waals surface area contributed by atoms with Crippen molar-refractivity contribution < 1.29 is 0 Å². The van der Waals surface area contributed by atoms with Crippen LogP contribution >= 0.6 is 0 Å². The van der Waals surface area contributed by atoms with E-state index in [1.165, 1.54) is 49.3 Å². The Morgan fingerprint density at radius 3 is 2.11 bits per heavy atom. The third-order valence-corrected chi connectivity index (χ3v) is 9.17. The fourth-order valence-electron chi connectivity index (χ4n) is 7.04. The number of aryl methyl sites for hydroxylation is 1. The van der Waals surface area contributed by atoms with Gasteiger partial charge < -0.3 is 4.57 Å². The second-order valence-corrected chi connectivity index (χ2v) is 12.0. The fraction of sp³-hybridized carbons (Fsp3) is 0.0444. The Hall–Kier alpha value is -5.99. The highest BCUT2D eigenvalue weighted by atomic mass is 15.0. The maximum Gasteiger partial charge on any atom is 0.0705 e. The van der Waals surface area contributed by atoms with E-state index in [0.717, 1.165) is 39.3 Å². The summed E-state index contributed by atoms with van der Waals surface area (Å²) in [4.78, 5) is 4.75. The van der Waals surface area contributed by atoms with E-state index in [1.54, 1.807) is 0 Å². The number of allylic oxidation sites excluding steroid dienone is 1. The van der Waals surface area contributed by atoms with Gasteiger partial charge in [-0.3, -0.25) is 4.98 Å². The zero-order valence-electron chi connectivity index (χ0n) is 26.6. The van der Waals surface area contributed by atoms with Gasteiger partial charge in [0.1, 0.15) is 0 Å². The molecule has 2 nitrogen and oxygen atoms in total. The Morgan fingerprint density at radius 1 is 0.596 bits per heavy atom. The molecular weight excluding hydrogens is 569 g/mol. The van der Waals surface area contributed by atoms with Gasteiger partial charge in [0.15, 0.2) is 0 Å². The summed E-state index contributed by atoms with van der Waals surface area (Å²) < 4.78 is 2.42. The first-order valence-electron chi connectivity index (χ1n) is 16.1. The Labute approximate surface area is 275 Å². The van der Waals surface area contributed by atoms with E-state index in [4.69, 9.17) is 4.98 Å². The summed E-state index contributed by atoms with van der Waals surface area (Å²) in [5, 5.41) is 4.92. The van der Waals surface area contributed by atoms with Crippen LogP contribution in [0.3, 0.4) is 0 Å². The number of aromatic nitrogens is 2. The largest absolute Gasteiger partial charge is 0.309 e. The number of para-hydroxylation sites is 1. The van der Waals surface area contributed by atoms with Crippen LogP contribution in [0.1, 0.15) is 23.7 Å². The molecule has 2 aromatic heterocycles. The number of hydrogen-bond acceptors (Lipinski definition) is 1. The number of nitrogens with zero attached hydrogens (tertiary/aromatic N) is 2. The SMILES string of the molecule is C=Cc1c(/C=C\C)c(-c2ccc(-c3cccc(C)n3)cc2)cc2c1c1ccc(-c3cccc4ccccc34)cc1n2-c1ccccc1. The summed E-state index contributed by atoms with van der Waals surface area (Å²) in [6.45, 7) is 8.47. The molecule has 2 heteroatoms. The molecule has 0 unspecified atom stereocenters. The number of rotatable bonds is 6. The van der Waals surface area contributed by atoms with Gasteiger partial charge in [0, 0.05) is 27.7 Å². The number of benzene rings is 6. The van der Waals surface area contributed by atoms with Crippen LogP contribution in [0.15, 0.2) is 152 Å². The fourth-order valence-corrected chi connectivity index (χ4v) is 7.04. The molecule has 224 valence electrons. The van der Waals surface area contributed by atoms with Gasteiger partial charge in [-0.05, 0) is 94.4 Å². The van der Waals surface area contributed by atoms with Crippen molar-refractivity contribution in [2.75, 3.05) is 0 Å². The average Bonchev–Trinajstić information content (AvgIpc) is 3.45. The van der Waals surface area contributed by atoms with Crippen LogP contribution in [-0.2, 0) is 0 Å². The molecule has 8 rings (SSSR count). The normalized spacial score (nSPS) is 11.6. The van der Waals surface area contributed by atoms with Crippen LogP contribution in [0.25, 0.3) is 83.9 Å². The monoisotopic (exact) mass is 602 g/mol. The minimum atomic E-state index is 0.985. The molecule has 0 amide bonds. The molecule has 0 aliphatic heterocycles. The Balaban J connectivity index is 1.42. The zero-order chi connectivity index (χ0) is 31.9. The molecular formula is C45H34N2. The van der Waals surface area contributed by atoms with Crippen molar-refractivity contribution in [3.05, 3.63) is 169 Å². The van der Waals surface area contributed by atoms with Crippen molar-refractivity contribution in [1.82, 2.24) is 9.55 Å². The quantitative estimate of drug-likeness (QED) is 0.185. The summed E-state index contributed by atoms with van der Waals surface area (Å²) in [6.07, 6.45) is 6.37. The highest BCUT2D eigenvalue weighted by Gasteiger charge is 2.20. The van der Waals surface area contributed by atoms with E-state index in [1.807, 2.05) is 19.1 Å². The van der Waals surface area contributed by atoms with E-state index in [9.17, 15) is 0 Å². The van der Waals surface area contributed by atoms with E-state index in [2.05, 4.69) is 164 Å². The molecule has 0 saturated heterocycles. The van der Waals surface area contributed by atoms with E-state index in [-0.39, 0.29) is 0 Å². The molecule has 0 aliphatic carbocycles. The van der Waals surface area contributed by atoms with Crippen molar-refractivity contribution in [2.24, 2.45) is 0 Å². The van der Waals surface area contributed by atoms with Gasteiger partial charge in [0.05, 0.1) is 16.7 Å². The number of pyridine rings is 1. The lowest BCUT2D eigenvalue weighted by atomic mass is 9.90. The predicted octanol–water partition coefficient (Wildman–Crippen LogP) is 12.3. The summed E-state index contributed by atoms with van der Waals surface area (Å²) >= 11 is 0. The van der Waals surface area contributed by atoms with Gasteiger partial charge in [-0.2, -0.15) is 0 Å². The van der Waals surface area contributed by atoms with Crippen LogP contribution in [-0.4, -0.2) is 9.55 Å². The van der Waals surface area contributed by atoms with Crippen molar-refractivity contribution in [3.8, 4) is 39.2 Å². The topological polar surface area (TPSA) is 17.8 Å². The van der Waals surface area contributed by atoms with Crippen molar-refractivity contribution in [2.45, 2.75) is 13.8 Å². The average molecular weight is 603 g/mol. The summed E-state index contributed by atoms with van der Waals surface area (Å²) in [6, 6.07) is 50.1. The third-order valence-electron chi connectivity index (χ3n) is 9.17. The van der Waals surface area contributed by atoms with Crippen molar-refractivity contribution in [3.63, 3.8) is 0 Å². The molecule has 0 saturated carbocycles. The standard InChI is InChI=1S/C45H34N2/c1-4-13-39-36(5-2)45-40-27-26-34(38-20-12-16-31-15-9-10-19-37(31)38)28-43(40)47(35-17-7-6-8-18-35)44(45)29-41(39)32-22-24-33(25-23-32)42-21-11-14-30(3)46-42/h4-29H,2H2,1,3H3/b13-4-. The first kappa shape index (κ1) is 28.5. The second-order valence-electron chi connectivity index (χ2n) is 12.0. The van der Waals surface area contributed by atoms with Crippen molar-refractivity contribution in [1.29, 1.82) is 0 Å². The smallest absolute Gasteiger partial charge is 0.0705 e. The van der Waals surface area contributed by atoms with E-state index >= 15 is 0 Å². The van der Waals surface area contributed by atoms with Crippen molar-refractivity contribution >= 4 is 44.7 Å². The van der Waals surface area contributed by atoms with Gasteiger partial charge in [-0.25, -0.2) is 0 Å².